The van der Waals surface area contributed by atoms with Gasteiger partial charge in [-0.15, -0.1) is 0 Å². The Hall–Kier alpha value is -2.96. The molecule has 1 unspecified atom stereocenters. The predicted octanol–water partition coefficient (Wildman–Crippen LogP) is 2.41. The van der Waals surface area contributed by atoms with Crippen molar-refractivity contribution in [1.29, 1.82) is 0 Å². The number of aromatic nitrogens is 2. The monoisotopic (exact) mass is 369 g/mol. The number of nitrogens with zero attached hydrogens (tertiary/aromatic N) is 1. The SMILES string of the molecule is Cn1c2c(c(=O)[nH]c1=O)C(c1ccc(F)cc1)C1=C(CC(C)(C)CC1=O)N2. The summed E-state index contributed by atoms with van der Waals surface area (Å²) in [6, 6.07) is 5.78. The molecule has 0 saturated heterocycles. The Bertz CT molecular complexity index is 1110. The zero-order valence-corrected chi connectivity index (χ0v) is 15.4. The van der Waals surface area contributed by atoms with E-state index in [0.717, 1.165) is 5.70 Å². The molecule has 2 aromatic rings. The summed E-state index contributed by atoms with van der Waals surface area (Å²) in [7, 11) is 1.56. The number of carbonyl (C=O) groups is 1. The molecule has 0 spiro atoms. The molecule has 0 saturated carbocycles. The summed E-state index contributed by atoms with van der Waals surface area (Å²) in [6.07, 6.45) is 0.983. The van der Waals surface area contributed by atoms with E-state index in [1.165, 1.54) is 16.7 Å². The lowest BCUT2D eigenvalue weighted by molar-refractivity contribution is -0.118. The first kappa shape index (κ1) is 17.5. The Labute approximate surface area is 154 Å². The number of carbonyl (C=O) groups excluding carboxylic acids is 1. The predicted molar refractivity (Wildman–Crippen MR) is 99.2 cm³/mol. The maximum absolute atomic E-state index is 13.5. The van der Waals surface area contributed by atoms with Crippen LogP contribution >= 0.6 is 0 Å². The van der Waals surface area contributed by atoms with Gasteiger partial charge in [-0.2, -0.15) is 0 Å². The van der Waals surface area contributed by atoms with Crippen LogP contribution in [0.3, 0.4) is 0 Å². The lowest BCUT2D eigenvalue weighted by atomic mass is 9.69. The standard InChI is InChI=1S/C20H20FN3O3/c1-20(2)8-12-15(13(25)9-20)14(10-4-6-11(21)7-5-10)16-17(22-12)24(3)19(27)23-18(16)26/h4-7,14,22H,8-9H2,1-3H3,(H,23,26,27). The molecule has 27 heavy (non-hydrogen) atoms. The molecule has 0 fully saturated rings. The molecule has 1 aromatic carbocycles. The summed E-state index contributed by atoms with van der Waals surface area (Å²) < 4.78 is 14.8. The van der Waals surface area contributed by atoms with E-state index in [1.54, 1.807) is 19.2 Å². The van der Waals surface area contributed by atoms with E-state index in [0.29, 0.717) is 35.4 Å². The Balaban J connectivity index is 2.04. The maximum atomic E-state index is 13.5. The molecule has 0 bridgehead atoms. The van der Waals surface area contributed by atoms with Crippen LogP contribution in [0.25, 0.3) is 0 Å². The van der Waals surface area contributed by atoms with Crippen LogP contribution in [0.2, 0.25) is 0 Å². The molecule has 2 aliphatic rings. The van der Waals surface area contributed by atoms with E-state index in [2.05, 4.69) is 10.3 Å². The largest absolute Gasteiger partial charge is 0.344 e. The number of ketones is 1. The Morgan fingerprint density at radius 3 is 2.44 bits per heavy atom. The highest BCUT2D eigenvalue weighted by Crippen LogP contribution is 2.47. The third kappa shape index (κ3) is 2.74. The lowest BCUT2D eigenvalue weighted by Gasteiger charge is -2.39. The van der Waals surface area contributed by atoms with Gasteiger partial charge in [0.05, 0.1) is 5.56 Å². The van der Waals surface area contributed by atoms with Gasteiger partial charge < -0.3 is 5.32 Å². The molecule has 140 valence electrons. The first-order valence-electron chi connectivity index (χ1n) is 8.80. The second-order valence-corrected chi connectivity index (χ2v) is 8.02. The fourth-order valence-electron chi connectivity index (χ4n) is 4.11. The number of rotatable bonds is 1. The molecule has 1 aromatic heterocycles. The second-order valence-electron chi connectivity index (χ2n) is 8.02. The highest BCUT2D eigenvalue weighted by atomic mass is 19.1. The van der Waals surface area contributed by atoms with Gasteiger partial charge >= 0.3 is 5.69 Å². The van der Waals surface area contributed by atoms with Crippen LogP contribution in [-0.4, -0.2) is 15.3 Å². The third-order valence-corrected chi connectivity index (χ3v) is 5.33. The number of nitrogens with one attached hydrogen (secondary N) is 2. The molecule has 6 nitrogen and oxygen atoms in total. The molecule has 7 heteroatoms. The maximum Gasteiger partial charge on any atom is 0.329 e. The number of hydrogen-bond acceptors (Lipinski definition) is 4. The van der Waals surface area contributed by atoms with E-state index < -0.39 is 23.0 Å². The quantitative estimate of drug-likeness (QED) is 0.809. The zero-order chi connectivity index (χ0) is 19.5. The normalized spacial score (nSPS) is 20.7. The topological polar surface area (TPSA) is 84.0 Å². The van der Waals surface area contributed by atoms with Crippen molar-refractivity contribution in [2.45, 2.75) is 32.6 Å². The van der Waals surface area contributed by atoms with Gasteiger partial charge in [0.15, 0.2) is 5.78 Å². The van der Waals surface area contributed by atoms with Crippen LogP contribution in [0, 0.1) is 11.2 Å². The number of anilines is 1. The Kier molecular flexibility index (Phi) is 3.73. The van der Waals surface area contributed by atoms with Crippen molar-refractivity contribution in [3.63, 3.8) is 0 Å². The number of halogens is 1. The molecule has 1 atom stereocenters. The molecule has 1 aliphatic heterocycles. The van der Waals surface area contributed by atoms with Gasteiger partial charge in [0.2, 0.25) is 0 Å². The van der Waals surface area contributed by atoms with E-state index in [4.69, 9.17) is 0 Å². The molecular weight excluding hydrogens is 349 g/mol. The molecule has 4 rings (SSSR count). The Morgan fingerprint density at radius 2 is 1.78 bits per heavy atom. The third-order valence-electron chi connectivity index (χ3n) is 5.33. The second kappa shape index (κ2) is 5.77. The van der Waals surface area contributed by atoms with Crippen molar-refractivity contribution >= 4 is 11.6 Å². The fourth-order valence-corrected chi connectivity index (χ4v) is 4.11. The first-order valence-corrected chi connectivity index (χ1v) is 8.80. The molecule has 2 heterocycles. The Morgan fingerprint density at radius 1 is 1.11 bits per heavy atom. The van der Waals surface area contributed by atoms with Crippen molar-refractivity contribution in [3.8, 4) is 0 Å². The average Bonchev–Trinajstić information content (AvgIpc) is 2.57. The van der Waals surface area contributed by atoms with Gasteiger partial charge in [-0.3, -0.25) is 19.1 Å². The van der Waals surface area contributed by atoms with Crippen LogP contribution in [-0.2, 0) is 11.8 Å². The number of H-pyrrole nitrogens is 1. The number of aromatic amines is 1. The summed E-state index contributed by atoms with van der Waals surface area (Å²) >= 11 is 0. The van der Waals surface area contributed by atoms with Crippen LogP contribution in [0.5, 0.6) is 0 Å². The average molecular weight is 369 g/mol. The van der Waals surface area contributed by atoms with Gasteiger partial charge in [0, 0.05) is 30.7 Å². The van der Waals surface area contributed by atoms with Gasteiger partial charge in [-0.05, 0) is 29.5 Å². The molecule has 0 amide bonds. The van der Waals surface area contributed by atoms with Gasteiger partial charge in [0.25, 0.3) is 5.56 Å². The van der Waals surface area contributed by atoms with Crippen LogP contribution < -0.4 is 16.6 Å². The van der Waals surface area contributed by atoms with Crippen LogP contribution in [0.15, 0.2) is 45.1 Å². The van der Waals surface area contributed by atoms with E-state index >= 15 is 0 Å². The smallest absolute Gasteiger partial charge is 0.329 e. The van der Waals surface area contributed by atoms with Crippen molar-refractivity contribution in [3.05, 3.63) is 73.3 Å². The minimum atomic E-state index is -0.643. The summed E-state index contributed by atoms with van der Waals surface area (Å²) in [4.78, 5) is 40.1. The first-order chi connectivity index (χ1) is 12.7. The van der Waals surface area contributed by atoms with E-state index in [1.807, 2.05) is 13.8 Å². The minimum Gasteiger partial charge on any atom is -0.344 e. The van der Waals surface area contributed by atoms with Crippen molar-refractivity contribution < 1.29 is 9.18 Å². The molecule has 2 N–H and O–H groups in total. The summed E-state index contributed by atoms with van der Waals surface area (Å²) in [6.45, 7) is 4.02. The van der Waals surface area contributed by atoms with E-state index in [-0.39, 0.29) is 11.2 Å². The molecular formula is C20H20FN3O3. The van der Waals surface area contributed by atoms with Crippen molar-refractivity contribution in [2.75, 3.05) is 5.32 Å². The van der Waals surface area contributed by atoms with Crippen LogP contribution in [0.4, 0.5) is 10.2 Å². The number of Topliss-reactive ketones (excluding diaryl/α,β-unsaturated/α-hetero) is 1. The van der Waals surface area contributed by atoms with Gasteiger partial charge in [-0.25, -0.2) is 9.18 Å². The summed E-state index contributed by atoms with van der Waals surface area (Å²) in [5.41, 5.74) is 0.887. The van der Waals surface area contributed by atoms with E-state index in [9.17, 15) is 18.8 Å². The summed E-state index contributed by atoms with van der Waals surface area (Å²) in [5, 5.41) is 3.17. The number of hydrogen-bond donors (Lipinski definition) is 2. The zero-order valence-electron chi connectivity index (χ0n) is 15.4. The molecule has 1 aliphatic carbocycles. The summed E-state index contributed by atoms with van der Waals surface area (Å²) in [5.74, 6) is -0.701. The van der Waals surface area contributed by atoms with Crippen molar-refractivity contribution in [2.24, 2.45) is 12.5 Å². The highest BCUT2D eigenvalue weighted by molar-refractivity contribution is 6.01. The number of benzene rings is 1. The van der Waals surface area contributed by atoms with Crippen LogP contribution in [0.1, 0.15) is 43.7 Å². The number of fused-ring (bicyclic) bond motifs is 1. The van der Waals surface area contributed by atoms with Gasteiger partial charge in [0.1, 0.15) is 11.6 Å². The fraction of sp³-hybridized carbons (Fsp3) is 0.350. The number of allylic oxidation sites excluding steroid dienone is 2. The lowest BCUT2D eigenvalue weighted by Crippen LogP contribution is -2.41. The van der Waals surface area contributed by atoms with Gasteiger partial charge in [-0.1, -0.05) is 26.0 Å². The van der Waals surface area contributed by atoms with Crippen molar-refractivity contribution in [1.82, 2.24) is 9.55 Å². The highest BCUT2D eigenvalue weighted by Gasteiger charge is 2.42. The molecule has 0 radical (unpaired) electrons. The minimum absolute atomic E-state index is 0.0398.